The largest absolute Gasteiger partial charge is 0.493 e. The van der Waals surface area contributed by atoms with Crippen molar-refractivity contribution in [2.75, 3.05) is 26.1 Å². The molecule has 0 aliphatic heterocycles. The second-order valence-corrected chi connectivity index (χ2v) is 4.65. The molecular weight excluding hydrogens is 315 g/mol. The van der Waals surface area contributed by atoms with Crippen LogP contribution in [-0.2, 0) is 9.63 Å². The zero-order valence-electron chi connectivity index (χ0n) is 13.3. The number of carbonyl (C=O) groups is 1. The monoisotopic (exact) mass is 332 g/mol. The molecule has 0 atom stereocenters. The summed E-state index contributed by atoms with van der Waals surface area (Å²) >= 11 is 0. The van der Waals surface area contributed by atoms with Gasteiger partial charge in [0.05, 0.1) is 20.4 Å². The molecule has 2 aromatic rings. The fourth-order valence-corrected chi connectivity index (χ4v) is 1.88. The number of nitrogens with zero attached hydrogens (tertiary/aromatic N) is 1. The molecule has 2 rings (SSSR count). The lowest BCUT2D eigenvalue weighted by molar-refractivity contribution is -0.120. The molecule has 1 amide bonds. The number of benzene rings is 2. The van der Waals surface area contributed by atoms with Crippen molar-refractivity contribution in [3.63, 3.8) is 0 Å². The zero-order valence-corrected chi connectivity index (χ0v) is 13.3. The quantitative estimate of drug-likeness (QED) is 0.625. The van der Waals surface area contributed by atoms with Crippen LogP contribution in [0.3, 0.4) is 0 Å². The van der Waals surface area contributed by atoms with Crippen LogP contribution in [0.2, 0.25) is 0 Å². The number of hydrogen-bond acceptors (Lipinski definition) is 5. The minimum atomic E-state index is -0.417. The van der Waals surface area contributed by atoms with Crippen molar-refractivity contribution in [3.8, 4) is 11.5 Å². The number of rotatable bonds is 7. The summed E-state index contributed by atoms with van der Waals surface area (Å²) in [5, 5.41) is 6.21. The summed E-state index contributed by atoms with van der Waals surface area (Å²) in [4.78, 5) is 16.7. The highest BCUT2D eigenvalue weighted by Gasteiger charge is 2.07. The molecule has 24 heavy (non-hydrogen) atoms. The Balaban J connectivity index is 1.86. The summed E-state index contributed by atoms with van der Waals surface area (Å²) in [6.07, 6.45) is 1.21. The normalized spacial score (nSPS) is 10.5. The fraction of sp³-hybridized carbons (Fsp3) is 0.176. The number of amides is 1. The Morgan fingerprint density at radius 2 is 1.92 bits per heavy atom. The predicted octanol–water partition coefficient (Wildman–Crippen LogP) is 2.83. The van der Waals surface area contributed by atoms with Crippen LogP contribution in [0.1, 0.15) is 5.56 Å². The van der Waals surface area contributed by atoms with Crippen molar-refractivity contribution in [2.45, 2.75) is 0 Å². The lowest BCUT2D eigenvalue weighted by Crippen LogP contribution is -2.17. The number of hydrogen-bond donors (Lipinski definition) is 1. The number of oxime groups is 1. The van der Waals surface area contributed by atoms with Crippen molar-refractivity contribution in [1.29, 1.82) is 0 Å². The Hall–Kier alpha value is -3.09. The van der Waals surface area contributed by atoms with Gasteiger partial charge in [-0.25, -0.2) is 4.39 Å². The molecule has 6 nitrogen and oxygen atoms in total. The summed E-state index contributed by atoms with van der Waals surface area (Å²) in [5.74, 6) is 0.225. The van der Waals surface area contributed by atoms with Crippen LogP contribution < -0.4 is 14.8 Å². The summed E-state index contributed by atoms with van der Waals surface area (Å²) in [5.41, 5.74) is 0.803. The maximum absolute atomic E-state index is 13.3. The molecule has 0 heterocycles. The molecule has 0 spiro atoms. The third-order valence-electron chi connectivity index (χ3n) is 3.03. The smallest absolute Gasteiger partial charge is 0.265 e. The van der Waals surface area contributed by atoms with E-state index in [0.29, 0.717) is 17.2 Å². The average molecular weight is 332 g/mol. The van der Waals surface area contributed by atoms with Crippen molar-refractivity contribution in [1.82, 2.24) is 0 Å². The summed E-state index contributed by atoms with van der Waals surface area (Å²) in [7, 11) is 3.03. The Bertz CT molecular complexity index is 734. The van der Waals surface area contributed by atoms with Crippen LogP contribution in [0.25, 0.3) is 0 Å². The van der Waals surface area contributed by atoms with Gasteiger partial charge in [0, 0.05) is 17.3 Å². The van der Waals surface area contributed by atoms with Crippen LogP contribution in [0.5, 0.6) is 11.5 Å². The number of methoxy groups -OCH3 is 2. The minimum absolute atomic E-state index is 0.276. The number of nitrogens with one attached hydrogen (secondary N) is 1. The van der Waals surface area contributed by atoms with Gasteiger partial charge < -0.3 is 19.6 Å². The lowest BCUT2D eigenvalue weighted by atomic mass is 10.2. The van der Waals surface area contributed by atoms with E-state index in [2.05, 4.69) is 10.5 Å². The highest BCUT2D eigenvalue weighted by Crippen LogP contribution is 2.29. The van der Waals surface area contributed by atoms with Gasteiger partial charge in [-0.15, -0.1) is 0 Å². The SMILES string of the molecule is COc1ccc(NC(=O)CO/N=C\c2ccccc2F)cc1OC. The van der Waals surface area contributed by atoms with E-state index in [1.807, 2.05) is 0 Å². The van der Waals surface area contributed by atoms with E-state index >= 15 is 0 Å². The molecule has 0 fully saturated rings. The molecule has 0 bridgehead atoms. The van der Waals surface area contributed by atoms with Gasteiger partial charge in [0.25, 0.3) is 5.91 Å². The van der Waals surface area contributed by atoms with E-state index in [9.17, 15) is 9.18 Å². The predicted molar refractivity (Wildman–Crippen MR) is 88.1 cm³/mol. The van der Waals surface area contributed by atoms with E-state index in [0.717, 1.165) is 0 Å². The number of halogens is 1. The lowest BCUT2D eigenvalue weighted by Gasteiger charge is -2.10. The molecule has 0 aromatic heterocycles. The zero-order chi connectivity index (χ0) is 17.4. The van der Waals surface area contributed by atoms with E-state index in [1.54, 1.807) is 36.4 Å². The van der Waals surface area contributed by atoms with Crippen LogP contribution in [0, 0.1) is 5.82 Å². The van der Waals surface area contributed by atoms with Gasteiger partial charge in [0.15, 0.2) is 18.1 Å². The Kier molecular flexibility index (Phi) is 6.13. The molecule has 0 saturated carbocycles. The van der Waals surface area contributed by atoms with Gasteiger partial charge in [0.2, 0.25) is 0 Å². The van der Waals surface area contributed by atoms with E-state index in [-0.39, 0.29) is 12.2 Å². The van der Waals surface area contributed by atoms with Gasteiger partial charge in [-0.05, 0) is 18.2 Å². The van der Waals surface area contributed by atoms with Gasteiger partial charge in [-0.1, -0.05) is 23.4 Å². The molecule has 0 radical (unpaired) electrons. The van der Waals surface area contributed by atoms with E-state index < -0.39 is 11.7 Å². The van der Waals surface area contributed by atoms with Gasteiger partial charge in [-0.3, -0.25) is 4.79 Å². The Morgan fingerprint density at radius 1 is 1.17 bits per heavy atom. The second-order valence-electron chi connectivity index (χ2n) is 4.65. The van der Waals surface area contributed by atoms with Crippen LogP contribution in [0.4, 0.5) is 10.1 Å². The molecular formula is C17H17FN2O4. The molecule has 0 unspecified atom stereocenters. The molecule has 1 N–H and O–H groups in total. The first-order valence-corrected chi connectivity index (χ1v) is 7.05. The number of carbonyl (C=O) groups excluding carboxylic acids is 1. The van der Waals surface area contributed by atoms with E-state index in [1.165, 1.54) is 26.5 Å². The molecule has 0 saturated heterocycles. The van der Waals surface area contributed by atoms with Crippen molar-refractivity contribution >= 4 is 17.8 Å². The van der Waals surface area contributed by atoms with Crippen molar-refractivity contribution in [3.05, 3.63) is 53.8 Å². The third-order valence-corrected chi connectivity index (χ3v) is 3.03. The molecule has 2 aromatic carbocycles. The Morgan fingerprint density at radius 3 is 2.62 bits per heavy atom. The first-order valence-electron chi connectivity index (χ1n) is 7.05. The minimum Gasteiger partial charge on any atom is -0.493 e. The summed E-state index contributed by atoms with van der Waals surface area (Å²) < 4.78 is 23.6. The van der Waals surface area contributed by atoms with Crippen LogP contribution >= 0.6 is 0 Å². The van der Waals surface area contributed by atoms with Gasteiger partial charge in [0.1, 0.15) is 5.82 Å². The number of ether oxygens (including phenoxy) is 2. The summed E-state index contributed by atoms with van der Waals surface area (Å²) in [6.45, 7) is -0.306. The molecule has 7 heteroatoms. The first kappa shape index (κ1) is 17.3. The highest BCUT2D eigenvalue weighted by atomic mass is 19.1. The van der Waals surface area contributed by atoms with Crippen molar-refractivity contribution < 1.29 is 23.5 Å². The van der Waals surface area contributed by atoms with E-state index in [4.69, 9.17) is 14.3 Å². The first-order chi connectivity index (χ1) is 11.6. The fourth-order valence-electron chi connectivity index (χ4n) is 1.88. The van der Waals surface area contributed by atoms with Crippen molar-refractivity contribution in [2.24, 2.45) is 5.16 Å². The van der Waals surface area contributed by atoms with Crippen LogP contribution in [-0.4, -0.2) is 32.9 Å². The summed E-state index contributed by atoms with van der Waals surface area (Å²) in [6, 6.07) is 11.1. The van der Waals surface area contributed by atoms with Gasteiger partial charge in [-0.2, -0.15) is 0 Å². The molecule has 0 aliphatic rings. The molecule has 0 aliphatic carbocycles. The topological polar surface area (TPSA) is 69.2 Å². The second kappa shape index (κ2) is 8.52. The highest BCUT2D eigenvalue weighted by molar-refractivity contribution is 5.92. The average Bonchev–Trinajstić information content (AvgIpc) is 2.60. The maximum Gasteiger partial charge on any atom is 0.265 e. The Labute approximate surface area is 138 Å². The van der Waals surface area contributed by atoms with Crippen LogP contribution in [0.15, 0.2) is 47.6 Å². The van der Waals surface area contributed by atoms with Gasteiger partial charge >= 0.3 is 0 Å². The molecule has 126 valence electrons. The standard InChI is InChI=1S/C17H17FN2O4/c1-22-15-8-7-13(9-16(15)23-2)20-17(21)11-24-19-10-12-5-3-4-6-14(12)18/h3-10H,11H2,1-2H3,(H,20,21)/b19-10-. The third kappa shape index (κ3) is 4.70. The number of anilines is 1. The maximum atomic E-state index is 13.3.